The summed E-state index contributed by atoms with van der Waals surface area (Å²) in [5.74, 6) is -0.725. The van der Waals surface area contributed by atoms with E-state index in [4.69, 9.17) is 11.6 Å². The van der Waals surface area contributed by atoms with Crippen LogP contribution in [0, 0.1) is 0 Å². The number of aromatic carboxylic acids is 1. The molecule has 0 atom stereocenters. The van der Waals surface area contributed by atoms with Crippen molar-refractivity contribution in [1.82, 2.24) is 0 Å². The first-order valence-electron chi connectivity index (χ1n) is 7.52. The molecule has 0 radical (unpaired) electrons. The molecule has 0 unspecified atom stereocenters. The summed E-state index contributed by atoms with van der Waals surface area (Å²) in [7, 11) is 3.79. The average Bonchev–Trinajstić information content (AvgIpc) is 2.47. The highest BCUT2D eigenvalue weighted by Crippen LogP contribution is 2.37. The molecule has 0 bridgehead atoms. The number of hydrogen-bond donors (Lipinski definition) is 2. The number of para-hydroxylation sites is 1. The SMILES string of the molecule is CC(C)c1cc(Nc2cccc(Cl)c2N(C)C)c(C(=O)O)cc1Br. The molecule has 6 heteroatoms. The number of halogens is 2. The third-order valence-corrected chi connectivity index (χ3v) is 4.68. The Balaban J connectivity index is 2.59. The lowest BCUT2D eigenvalue weighted by molar-refractivity contribution is 0.0698. The minimum Gasteiger partial charge on any atom is -0.478 e. The standard InChI is InChI=1S/C18H20BrClN2O2/c1-10(2)11-9-16(12(18(23)24)8-13(11)19)21-15-7-5-6-14(20)17(15)22(3)4/h5-10,21H,1-4H3,(H,23,24). The van der Waals surface area contributed by atoms with Gasteiger partial charge in [-0.3, -0.25) is 0 Å². The molecule has 128 valence electrons. The molecular formula is C18H20BrClN2O2. The quantitative estimate of drug-likeness (QED) is 0.659. The maximum absolute atomic E-state index is 11.6. The van der Waals surface area contributed by atoms with Crippen molar-refractivity contribution in [2.45, 2.75) is 19.8 Å². The monoisotopic (exact) mass is 410 g/mol. The number of rotatable bonds is 5. The molecule has 0 aromatic heterocycles. The second-order valence-corrected chi connectivity index (χ2v) is 7.30. The van der Waals surface area contributed by atoms with Crippen LogP contribution in [0.2, 0.25) is 5.02 Å². The molecule has 0 aliphatic carbocycles. The van der Waals surface area contributed by atoms with Crippen molar-refractivity contribution in [1.29, 1.82) is 0 Å². The zero-order valence-electron chi connectivity index (χ0n) is 14.0. The highest BCUT2D eigenvalue weighted by atomic mass is 79.9. The normalized spacial score (nSPS) is 10.8. The van der Waals surface area contributed by atoms with E-state index in [1.54, 1.807) is 12.1 Å². The van der Waals surface area contributed by atoms with Crippen molar-refractivity contribution in [3.05, 3.63) is 51.0 Å². The highest BCUT2D eigenvalue weighted by molar-refractivity contribution is 9.10. The van der Waals surface area contributed by atoms with Crippen LogP contribution < -0.4 is 10.2 Å². The molecule has 0 aliphatic rings. The van der Waals surface area contributed by atoms with Crippen molar-refractivity contribution >= 4 is 50.6 Å². The predicted octanol–water partition coefficient (Wildman–Crippen LogP) is 5.73. The number of hydrogen-bond acceptors (Lipinski definition) is 3. The Morgan fingerprint density at radius 3 is 2.46 bits per heavy atom. The van der Waals surface area contributed by atoms with Gasteiger partial charge in [-0.15, -0.1) is 0 Å². The average molecular weight is 412 g/mol. The van der Waals surface area contributed by atoms with Crippen LogP contribution in [0.15, 0.2) is 34.8 Å². The second kappa shape index (κ2) is 7.45. The Morgan fingerprint density at radius 1 is 1.25 bits per heavy atom. The van der Waals surface area contributed by atoms with Gasteiger partial charge in [0.1, 0.15) is 0 Å². The second-order valence-electron chi connectivity index (χ2n) is 6.03. The van der Waals surface area contributed by atoms with Crippen molar-refractivity contribution in [3.63, 3.8) is 0 Å². The molecule has 2 aromatic rings. The van der Waals surface area contributed by atoms with Gasteiger partial charge in [-0.05, 0) is 35.7 Å². The van der Waals surface area contributed by atoms with Crippen LogP contribution in [0.3, 0.4) is 0 Å². The predicted molar refractivity (Wildman–Crippen MR) is 104 cm³/mol. The zero-order chi connectivity index (χ0) is 18.0. The Kier molecular flexibility index (Phi) is 5.78. The largest absolute Gasteiger partial charge is 0.478 e. The van der Waals surface area contributed by atoms with Crippen molar-refractivity contribution in [2.24, 2.45) is 0 Å². The summed E-state index contributed by atoms with van der Waals surface area (Å²) < 4.78 is 0.791. The summed E-state index contributed by atoms with van der Waals surface area (Å²) >= 11 is 9.76. The molecular weight excluding hydrogens is 392 g/mol. The number of nitrogens with one attached hydrogen (secondary N) is 1. The molecule has 0 spiro atoms. The molecule has 0 saturated carbocycles. The van der Waals surface area contributed by atoms with Gasteiger partial charge >= 0.3 is 5.97 Å². The van der Waals surface area contributed by atoms with E-state index in [1.165, 1.54) is 0 Å². The molecule has 4 nitrogen and oxygen atoms in total. The molecule has 0 saturated heterocycles. The Labute approximate surface area is 155 Å². The molecule has 0 heterocycles. The summed E-state index contributed by atoms with van der Waals surface area (Å²) in [5, 5.41) is 13.4. The van der Waals surface area contributed by atoms with Gasteiger partial charge in [-0.1, -0.05) is 47.4 Å². The van der Waals surface area contributed by atoms with Gasteiger partial charge < -0.3 is 15.3 Å². The minimum atomic E-state index is -0.984. The van der Waals surface area contributed by atoms with E-state index in [0.717, 1.165) is 21.4 Å². The lowest BCUT2D eigenvalue weighted by Crippen LogP contribution is -2.12. The van der Waals surface area contributed by atoms with Crippen LogP contribution in [0.25, 0.3) is 0 Å². The van der Waals surface area contributed by atoms with Crippen molar-refractivity contribution < 1.29 is 9.90 Å². The van der Waals surface area contributed by atoms with E-state index in [1.807, 2.05) is 37.2 Å². The minimum absolute atomic E-state index is 0.205. The summed E-state index contributed by atoms with van der Waals surface area (Å²) in [4.78, 5) is 13.5. The molecule has 0 aliphatic heterocycles. The fraction of sp³-hybridized carbons (Fsp3) is 0.278. The third kappa shape index (κ3) is 3.84. The molecule has 0 amide bonds. The maximum Gasteiger partial charge on any atom is 0.337 e. The Bertz CT molecular complexity index is 776. The maximum atomic E-state index is 11.6. The van der Waals surface area contributed by atoms with Gasteiger partial charge in [0.05, 0.1) is 27.6 Å². The number of carbonyl (C=O) groups is 1. The lowest BCUT2D eigenvalue weighted by Gasteiger charge is -2.21. The zero-order valence-corrected chi connectivity index (χ0v) is 16.4. The first-order chi connectivity index (χ1) is 11.2. The van der Waals surface area contributed by atoms with Crippen LogP contribution >= 0.6 is 27.5 Å². The van der Waals surface area contributed by atoms with Crippen LogP contribution in [0.5, 0.6) is 0 Å². The van der Waals surface area contributed by atoms with Crippen molar-refractivity contribution in [2.75, 3.05) is 24.3 Å². The van der Waals surface area contributed by atoms with Crippen LogP contribution in [0.1, 0.15) is 35.7 Å². The fourth-order valence-corrected chi connectivity index (χ4v) is 3.67. The van der Waals surface area contributed by atoms with Crippen molar-refractivity contribution in [3.8, 4) is 0 Å². The highest BCUT2D eigenvalue weighted by Gasteiger charge is 2.18. The first kappa shape index (κ1) is 18.6. The number of carboxylic acids is 1. The smallest absolute Gasteiger partial charge is 0.337 e. The van der Waals surface area contributed by atoms with E-state index in [9.17, 15) is 9.90 Å². The molecule has 2 aromatic carbocycles. The first-order valence-corrected chi connectivity index (χ1v) is 8.69. The third-order valence-electron chi connectivity index (χ3n) is 3.69. The fourth-order valence-electron chi connectivity index (χ4n) is 2.53. The van der Waals surface area contributed by atoms with Gasteiger partial charge in [-0.2, -0.15) is 0 Å². The molecule has 0 fully saturated rings. The van der Waals surface area contributed by atoms with E-state index in [-0.39, 0.29) is 11.5 Å². The Hall–Kier alpha value is -1.72. The van der Waals surface area contributed by atoms with Gasteiger partial charge in [-0.25, -0.2) is 4.79 Å². The van der Waals surface area contributed by atoms with Gasteiger partial charge in [0, 0.05) is 18.6 Å². The summed E-state index contributed by atoms with van der Waals surface area (Å²) in [6.45, 7) is 4.13. The number of carboxylic acid groups (broad SMARTS) is 1. The van der Waals surface area contributed by atoms with E-state index in [0.29, 0.717) is 10.7 Å². The van der Waals surface area contributed by atoms with Gasteiger partial charge in [0.2, 0.25) is 0 Å². The molecule has 2 N–H and O–H groups in total. The summed E-state index contributed by atoms with van der Waals surface area (Å²) in [5.41, 5.74) is 3.35. The molecule has 24 heavy (non-hydrogen) atoms. The van der Waals surface area contributed by atoms with Crippen LogP contribution in [-0.2, 0) is 0 Å². The number of nitrogens with zero attached hydrogens (tertiary/aromatic N) is 1. The Morgan fingerprint density at radius 2 is 1.92 bits per heavy atom. The lowest BCUT2D eigenvalue weighted by atomic mass is 10.00. The van der Waals surface area contributed by atoms with Gasteiger partial charge in [0.15, 0.2) is 0 Å². The van der Waals surface area contributed by atoms with E-state index < -0.39 is 5.97 Å². The molecule has 2 rings (SSSR count). The van der Waals surface area contributed by atoms with E-state index >= 15 is 0 Å². The number of benzene rings is 2. The van der Waals surface area contributed by atoms with Gasteiger partial charge in [0.25, 0.3) is 0 Å². The van der Waals surface area contributed by atoms with Crippen LogP contribution in [0.4, 0.5) is 17.1 Å². The van der Waals surface area contributed by atoms with Crippen LogP contribution in [-0.4, -0.2) is 25.2 Å². The van der Waals surface area contributed by atoms with E-state index in [2.05, 4.69) is 35.1 Å². The summed E-state index contributed by atoms with van der Waals surface area (Å²) in [6.07, 6.45) is 0. The summed E-state index contributed by atoms with van der Waals surface area (Å²) in [6, 6.07) is 9.03. The topological polar surface area (TPSA) is 52.6 Å². The number of anilines is 3.